The van der Waals surface area contributed by atoms with Crippen molar-refractivity contribution in [1.82, 2.24) is 0 Å². The van der Waals surface area contributed by atoms with Crippen LogP contribution in [0.5, 0.6) is 5.75 Å². The first-order valence-electron chi connectivity index (χ1n) is 10.0. The van der Waals surface area contributed by atoms with Crippen LogP contribution in [0.15, 0.2) is 78.9 Å². The smallest absolute Gasteiger partial charge is 0.333 e. The van der Waals surface area contributed by atoms with Gasteiger partial charge in [-0.2, -0.15) is 0 Å². The summed E-state index contributed by atoms with van der Waals surface area (Å²) < 4.78 is 25.7. The van der Waals surface area contributed by atoms with E-state index in [0.29, 0.717) is 28.9 Å². The average Bonchev–Trinajstić information content (AvgIpc) is 2.78. The minimum atomic E-state index is -0.478. The zero-order valence-electron chi connectivity index (χ0n) is 17.4. The van der Waals surface area contributed by atoms with Gasteiger partial charge in [-0.05, 0) is 47.7 Å². The Bertz CT molecular complexity index is 1060. The molecule has 1 N–H and O–H groups in total. The van der Waals surface area contributed by atoms with E-state index < -0.39 is 5.97 Å². The molecule has 31 heavy (non-hydrogen) atoms. The largest absolute Gasteiger partial charge is 0.490 e. The second-order valence-electron chi connectivity index (χ2n) is 7.12. The van der Waals surface area contributed by atoms with Crippen LogP contribution in [0.3, 0.4) is 0 Å². The van der Waals surface area contributed by atoms with Crippen LogP contribution in [0, 0.1) is 5.82 Å². The molecule has 0 aliphatic rings. The highest BCUT2D eigenvalue weighted by molar-refractivity contribution is 5.86. The number of aliphatic hydroxyl groups is 1. The van der Waals surface area contributed by atoms with Gasteiger partial charge >= 0.3 is 5.97 Å². The molecule has 0 spiro atoms. The fraction of sp³-hybridized carbons (Fsp3) is 0.192. The first kappa shape index (κ1) is 22.2. The van der Waals surface area contributed by atoms with Crippen molar-refractivity contribution in [3.05, 3.63) is 90.3 Å². The van der Waals surface area contributed by atoms with E-state index in [1.165, 1.54) is 6.07 Å². The van der Waals surface area contributed by atoms with Gasteiger partial charge in [0.15, 0.2) is 0 Å². The average molecular weight is 420 g/mol. The Labute approximate surface area is 181 Å². The van der Waals surface area contributed by atoms with Crippen LogP contribution >= 0.6 is 0 Å². The second kappa shape index (κ2) is 10.5. The van der Waals surface area contributed by atoms with E-state index in [1.54, 1.807) is 25.1 Å². The summed E-state index contributed by atoms with van der Waals surface area (Å²) in [7, 11) is 0. The van der Waals surface area contributed by atoms with Crippen LogP contribution < -0.4 is 4.74 Å². The number of halogens is 1. The summed E-state index contributed by atoms with van der Waals surface area (Å²) in [6, 6.07) is 20.1. The molecule has 0 unspecified atom stereocenters. The number of ether oxygens (including phenoxy) is 2. The quantitative estimate of drug-likeness (QED) is 0.294. The first-order chi connectivity index (χ1) is 15.0. The van der Waals surface area contributed by atoms with Crippen molar-refractivity contribution < 1.29 is 23.8 Å². The topological polar surface area (TPSA) is 55.8 Å². The molecule has 4 nitrogen and oxygen atoms in total. The lowest BCUT2D eigenvalue weighted by Gasteiger charge is -2.14. The maximum atomic E-state index is 14.9. The first-order valence-corrected chi connectivity index (χ1v) is 10.0. The molecule has 0 saturated heterocycles. The number of benzene rings is 3. The lowest BCUT2D eigenvalue weighted by Crippen LogP contribution is -2.13. The third-order valence-corrected chi connectivity index (χ3v) is 4.76. The van der Waals surface area contributed by atoms with Gasteiger partial charge in [-0.1, -0.05) is 61.2 Å². The fourth-order valence-electron chi connectivity index (χ4n) is 3.15. The summed E-state index contributed by atoms with van der Waals surface area (Å²) in [5.41, 5.74) is 3.96. The van der Waals surface area contributed by atoms with Gasteiger partial charge in [0, 0.05) is 17.7 Å². The van der Waals surface area contributed by atoms with Gasteiger partial charge in [0.05, 0.1) is 0 Å². The molecule has 3 rings (SSSR count). The molecule has 0 aromatic heterocycles. The molecular formula is C26H25FO4. The van der Waals surface area contributed by atoms with Crippen LogP contribution in [0.1, 0.15) is 12.5 Å². The highest BCUT2D eigenvalue weighted by atomic mass is 19.1. The van der Waals surface area contributed by atoms with E-state index in [-0.39, 0.29) is 25.6 Å². The summed E-state index contributed by atoms with van der Waals surface area (Å²) in [5.74, 6) is -0.296. The molecule has 0 aliphatic heterocycles. The number of aliphatic hydroxyl groups excluding tert-OH is 1. The van der Waals surface area contributed by atoms with Gasteiger partial charge < -0.3 is 14.6 Å². The van der Waals surface area contributed by atoms with E-state index in [0.717, 1.165) is 16.7 Å². The SMILES string of the molecule is C=C(C)C(=O)OCCOc1cc(-c2ccc(-c3ccccc3)cc2F)ccc1CCO. The second-order valence-corrected chi connectivity index (χ2v) is 7.12. The van der Waals surface area contributed by atoms with E-state index in [9.17, 15) is 14.3 Å². The van der Waals surface area contributed by atoms with Gasteiger partial charge in [0.2, 0.25) is 0 Å². The maximum absolute atomic E-state index is 14.9. The Morgan fingerprint density at radius 2 is 1.71 bits per heavy atom. The zero-order valence-corrected chi connectivity index (χ0v) is 17.4. The van der Waals surface area contributed by atoms with Gasteiger partial charge in [0.1, 0.15) is 24.8 Å². The minimum absolute atomic E-state index is 0.0412. The molecule has 0 bridgehead atoms. The minimum Gasteiger partial charge on any atom is -0.490 e. The van der Waals surface area contributed by atoms with Gasteiger partial charge in [0.25, 0.3) is 0 Å². The standard InChI is InChI=1S/C26H25FO4/c1-18(2)26(29)31-15-14-30-25-17-22(9-8-20(25)12-13-28)23-11-10-21(16-24(23)27)19-6-4-3-5-7-19/h3-11,16-17,28H,1,12-15H2,2H3. The Kier molecular flexibility index (Phi) is 7.57. The molecular weight excluding hydrogens is 395 g/mol. The number of carbonyl (C=O) groups excluding carboxylic acids is 1. The lowest BCUT2D eigenvalue weighted by molar-refractivity contribution is -0.139. The number of carbonyl (C=O) groups is 1. The van der Waals surface area contributed by atoms with Crippen molar-refractivity contribution in [2.45, 2.75) is 13.3 Å². The normalized spacial score (nSPS) is 10.5. The molecule has 0 heterocycles. The summed E-state index contributed by atoms with van der Waals surface area (Å²) in [6.07, 6.45) is 0.399. The molecule has 160 valence electrons. The molecule has 5 heteroatoms. The molecule has 0 atom stereocenters. The van der Waals surface area contributed by atoms with E-state index in [4.69, 9.17) is 9.47 Å². The van der Waals surface area contributed by atoms with Crippen molar-refractivity contribution in [1.29, 1.82) is 0 Å². The predicted molar refractivity (Wildman–Crippen MR) is 119 cm³/mol. The Hall–Kier alpha value is -3.44. The highest BCUT2D eigenvalue weighted by Crippen LogP contribution is 2.32. The van der Waals surface area contributed by atoms with Crippen molar-refractivity contribution in [3.8, 4) is 28.0 Å². The lowest BCUT2D eigenvalue weighted by atomic mass is 9.98. The molecule has 0 radical (unpaired) electrons. The summed E-state index contributed by atoms with van der Waals surface area (Å²) in [4.78, 5) is 11.5. The summed E-state index contributed by atoms with van der Waals surface area (Å²) in [6.45, 7) is 5.26. The monoisotopic (exact) mass is 420 g/mol. The van der Waals surface area contributed by atoms with Crippen LogP contribution in [0.2, 0.25) is 0 Å². The van der Waals surface area contributed by atoms with Crippen molar-refractivity contribution in [3.63, 3.8) is 0 Å². The third-order valence-electron chi connectivity index (χ3n) is 4.76. The third kappa shape index (κ3) is 5.80. The number of esters is 1. The van der Waals surface area contributed by atoms with E-state index in [1.807, 2.05) is 42.5 Å². The van der Waals surface area contributed by atoms with Crippen LogP contribution in [-0.4, -0.2) is 30.9 Å². The number of hydrogen-bond donors (Lipinski definition) is 1. The molecule has 3 aromatic rings. The Morgan fingerprint density at radius 3 is 2.39 bits per heavy atom. The van der Waals surface area contributed by atoms with Gasteiger partial charge in [-0.3, -0.25) is 0 Å². The Morgan fingerprint density at radius 1 is 0.968 bits per heavy atom. The predicted octanol–water partition coefficient (Wildman–Crippen LogP) is 5.19. The summed E-state index contributed by atoms with van der Waals surface area (Å²) in [5, 5.41) is 9.32. The molecule has 0 amide bonds. The summed E-state index contributed by atoms with van der Waals surface area (Å²) >= 11 is 0. The van der Waals surface area contributed by atoms with Crippen molar-refractivity contribution in [2.24, 2.45) is 0 Å². The Balaban J connectivity index is 1.80. The van der Waals surface area contributed by atoms with Crippen molar-refractivity contribution >= 4 is 5.97 Å². The van der Waals surface area contributed by atoms with E-state index in [2.05, 4.69) is 6.58 Å². The number of hydrogen-bond acceptors (Lipinski definition) is 4. The van der Waals surface area contributed by atoms with Crippen molar-refractivity contribution in [2.75, 3.05) is 19.8 Å². The zero-order chi connectivity index (χ0) is 22.2. The van der Waals surface area contributed by atoms with Gasteiger partial charge in [-0.15, -0.1) is 0 Å². The van der Waals surface area contributed by atoms with Crippen LogP contribution in [0.4, 0.5) is 4.39 Å². The molecule has 3 aromatic carbocycles. The van der Waals surface area contributed by atoms with Gasteiger partial charge in [-0.25, -0.2) is 9.18 Å². The van der Waals surface area contributed by atoms with Crippen LogP contribution in [0.25, 0.3) is 22.3 Å². The van der Waals surface area contributed by atoms with E-state index >= 15 is 0 Å². The molecule has 0 saturated carbocycles. The highest BCUT2D eigenvalue weighted by Gasteiger charge is 2.12. The number of rotatable bonds is 9. The molecule has 0 aliphatic carbocycles. The fourth-order valence-corrected chi connectivity index (χ4v) is 3.15. The maximum Gasteiger partial charge on any atom is 0.333 e. The molecule has 0 fully saturated rings. The van der Waals surface area contributed by atoms with Crippen LogP contribution in [-0.2, 0) is 16.0 Å².